The lowest BCUT2D eigenvalue weighted by molar-refractivity contribution is 0.466. The van der Waals surface area contributed by atoms with Crippen LogP contribution in [-0.2, 0) is 0 Å². The number of benzene rings is 2. The van der Waals surface area contributed by atoms with Crippen molar-refractivity contribution in [1.29, 1.82) is 5.26 Å². The molecule has 1 heterocycles. The molecule has 3 rings (SSSR count). The van der Waals surface area contributed by atoms with Crippen LogP contribution >= 0.6 is 35.0 Å². The first kappa shape index (κ1) is 16.7. The summed E-state index contributed by atoms with van der Waals surface area (Å²) in [6, 6.07) is 20.8. The molecule has 0 unspecified atom stereocenters. The predicted octanol–water partition coefficient (Wildman–Crippen LogP) is 6.80. The first-order valence-electron chi connectivity index (χ1n) is 7.05. The van der Waals surface area contributed by atoms with Gasteiger partial charge in [0.1, 0.15) is 5.76 Å². The molecule has 0 amide bonds. The Labute approximate surface area is 154 Å². The molecule has 1 aromatic heterocycles. The summed E-state index contributed by atoms with van der Waals surface area (Å²) < 4.78 is 5.77. The van der Waals surface area contributed by atoms with Crippen molar-refractivity contribution in [3.8, 4) is 6.07 Å². The van der Waals surface area contributed by atoms with E-state index in [9.17, 15) is 5.26 Å². The van der Waals surface area contributed by atoms with E-state index in [-0.39, 0.29) is 0 Å². The maximum Gasteiger partial charge on any atom is 0.165 e. The number of halogens is 2. The van der Waals surface area contributed by atoms with Crippen LogP contribution in [0.4, 0.5) is 0 Å². The van der Waals surface area contributed by atoms with Crippen molar-refractivity contribution in [2.45, 2.75) is 9.99 Å². The fraction of sp³-hybridized carbons (Fsp3) is 0. The zero-order valence-electron chi connectivity index (χ0n) is 12.4. The summed E-state index contributed by atoms with van der Waals surface area (Å²) in [5.41, 5.74) is 1.04. The Kier molecular flexibility index (Phi) is 5.32. The second-order valence-electron chi connectivity index (χ2n) is 4.87. The van der Waals surface area contributed by atoms with E-state index in [0.717, 1.165) is 9.99 Å². The molecular formula is C19H11Cl2NOS. The second kappa shape index (κ2) is 7.63. The van der Waals surface area contributed by atoms with Gasteiger partial charge in [-0.3, -0.25) is 0 Å². The summed E-state index contributed by atoms with van der Waals surface area (Å²) in [7, 11) is 0. The van der Waals surface area contributed by atoms with Crippen molar-refractivity contribution in [3.05, 3.63) is 82.0 Å². The van der Waals surface area contributed by atoms with Crippen LogP contribution in [0.2, 0.25) is 10.0 Å². The van der Waals surface area contributed by atoms with Gasteiger partial charge in [0, 0.05) is 15.5 Å². The summed E-state index contributed by atoms with van der Waals surface area (Å²) in [5, 5.41) is 11.1. The molecule has 2 aromatic carbocycles. The maximum absolute atomic E-state index is 9.42. The van der Waals surface area contributed by atoms with Crippen LogP contribution in [-0.4, -0.2) is 0 Å². The molecule has 5 heteroatoms. The smallest absolute Gasteiger partial charge is 0.165 e. The summed E-state index contributed by atoms with van der Waals surface area (Å²) in [4.78, 5) is 1.09. The third-order valence-corrected chi connectivity index (χ3v) is 4.67. The van der Waals surface area contributed by atoms with Gasteiger partial charge in [-0.15, -0.1) is 0 Å². The average molecular weight is 372 g/mol. The minimum atomic E-state index is 0.419. The first-order chi connectivity index (χ1) is 11.7. The van der Waals surface area contributed by atoms with E-state index in [1.807, 2.05) is 42.5 Å². The van der Waals surface area contributed by atoms with Gasteiger partial charge in [-0.05, 0) is 42.5 Å². The lowest BCUT2D eigenvalue weighted by Crippen LogP contribution is -1.83. The van der Waals surface area contributed by atoms with E-state index < -0.39 is 0 Å². The van der Waals surface area contributed by atoms with Crippen molar-refractivity contribution in [1.82, 2.24) is 0 Å². The van der Waals surface area contributed by atoms with Gasteiger partial charge in [0.15, 0.2) is 5.09 Å². The lowest BCUT2D eigenvalue weighted by Gasteiger charge is -2.02. The SMILES string of the molecule is N#C/C(=C/c1ccc(Sc2ccccc2)o1)c1ccc(Cl)cc1Cl. The number of furan rings is 1. The van der Waals surface area contributed by atoms with Crippen LogP contribution in [0, 0.1) is 11.3 Å². The van der Waals surface area contributed by atoms with Gasteiger partial charge in [0.2, 0.25) is 0 Å². The highest BCUT2D eigenvalue weighted by molar-refractivity contribution is 7.99. The van der Waals surface area contributed by atoms with Crippen LogP contribution < -0.4 is 0 Å². The molecule has 0 spiro atoms. The van der Waals surface area contributed by atoms with Gasteiger partial charge < -0.3 is 4.42 Å². The maximum atomic E-state index is 9.42. The Balaban J connectivity index is 1.86. The molecule has 0 aliphatic heterocycles. The molecule has 3 aromatic rings. The largest absolute Gasteiger partial charge is 0.450 e. The van der Waals surface area contributed by atoms with Gasteiger partial charge in [0.05, 0.1) is 16.7 Å². The van der Waals surface area contributed by atoms with Crippen LogP contribution in [0.5, 0.6) is 0 Å². The van der Waals surface area contributed by atoms with E-state index in [4.69, 9.17) is 27.6 Å². The molecule has 0 bridgehead atoms. The Morgan fingerprint density at radius 2 is 1.83 bits per heavy atom. The van der Waals surface area contributed by atoms with Gasteiger partial charge in [-0.1, -0.05) is 59.2 Å². The van der Waals surface area contributed by atoms with E-state index >= 15 is 0 Å². The number of hydrogen-bond acceptors (Lipinski definition) is 3. The standard InChI is InChI=1S/C19H11Cl2NOS/c20-14-6-8-17(18(21)11-14)13(12-22)10-15-7-9-19(23-15)24-16-4-2-1-3-5-16/h1-11H/b13-10-. The normalized spacial score (nSPS) is 11.3. The Hall–Kier alpha value is -2.12. The zero-order chi connectivity index (χ0) is 16.9. The minimum Gasteiger partial charge on any atom is -0.450 e. The number of allylic oxidation sites excluding steroid dienone is 1. The van der Waals surface area contributed by atoms with E-state index in [1.54, 1.807) is 24.3 Å². The molecule has 118 valence electrons. The van der Waals surface area contributed by atoms with Crippen LogP contribution in [0.15, 0.2) is 75.1 Å². The third-order valence-electron chi connectivity index (χ3n) is 3.19. The highest BCUT2D eigenvalue weighted by atomic mass is 35.5. The predicted molar refractivity (Wildman–Crippen MR) is 99.2 cm³/mol. The molecule has 0 fully saturated rings. The molecule has 0 radical (unpaired) electrons. The quantitative estimate of drug-likeness (QED) is 0.473. The molecule has 0 N–H and O–H groups in total. The topological polar surface area (TPSA) is 36.9 Å². The fourth-order valence-corrected chi connectivity index (χ4v) is 3.40. The van der Waals surface area contributed by atoms with Crippen LogP contribution in [0.1, 0.15) is 11.3 Å². The molecule has 0 atom stereocenters. The number of nitrogens with zero attached hydrogens (tertiary/aromatic N) is 1. The highest BCUT2D eigenvalue weighted by Gasteiger charge is 2.09. The molecular weight excluding hydrogens is 361 g/mol. The third kappa shape index (κ3) is 4.04. The molecule has 2 nitrogen and oxygen atoms in total. The average Bonchev–Trinajstić information content (AvgIpc) is 3.01. The molecule has 24 heavy (non-hydrogen) atoms. The molecule has 0 aliphatic carbocycles. The summed E-state index contributed by atoms with van der Waals surface area (Å²) >= 11 is 13.6. The van der Waals surface area contributed by atoms with Crippen molar-refractivity contribution in [2.75, 3.05) is 0 Å². The molecule has 0 aliphatic rings. The Morgan fingerprint density at radius 1 is 1.04 bits per heavy atom. The summed E-state index contributed by atoms with van der Waals surface area (Å²) in [5.74, 6) is 0.594. The van der Waals surface area contributed by atoms with Gasteiger partial charge in [-0.2, -0.15) is 5.26 Å². The van der Waals surface area contributed by atoms with Crippen molar-refractivity contribution >= 4 is 46.6 Å². The van der Waals surface area contributed by atoms with Gasteiger partial charge >= 0.3 is 0 Å². The molecule has 0 saturated heterocycles. The van der Waals surface area contributed by atoms with E-state index in [1.165, 1.54) is 11.8 Å². The lowest BCUT2D eigenvalue weighted by atomic mass is 10.1. The van der Waals surface area contributed by atoms with E-state index in [0.29, 0.717) is 26.9 Å². The van der Waals surface area contributed by atoms with Crippen molar-refractivity contribution in [2.24, 2.45) is 0 Å². The van der Waals surface area contributed by atoms with Crippen molar-refractivity contribution in [3.63, 3.8) is 0 Å². The minimum absolute atomic E-state index is 0.419. The van der Waals surface area contributed by atoms with Crippen LogP contribution in [0.3, 0.4) is 0 Å². The van der Waals surface area contributed by atoms with E-state index in [2.05, 4.69) is 6.07 Å². The zero-order valence-corrected chi connectivity index (χ0v) is 14.7. The monoisotopic (exact) mass is 371 g/mol. The van der Waals surface area contributed by atoms with Gasteiger partial charge in [0.25, 0.3) is 0 Å². The van der Waals surface area contributed by atoms with Gasteiger partial charge in [-0.25, -0.2) is 0 Å². The summed E-state index contributed by atoms with van der Waals surface area (Å²) in [6.45, 7) is 0. The molecule has 0 saturated carbocycles. The van der Waals surface area contributed by atoms with Crippen LogP contribution in [0.25, 0.3) is 11.6 Å². The Bertz CT molecular complexity index is 926. The number of hydrogen-bond donors (Lipinski definition) is 0. The summed E-state index contributed by atoms with van der Waals surface area (Å²) in [6.07, 6.45) is 1.67. The number of rotatable bonds is 4. The van der Waals surface area contributed by atoms with Crippen molar-refractivity contribution < 1.29 is 4.42 Å². The highest BCUT2D eigenvalue weighted by Crippen LogP contribution is 2.32. The second-order valence-corrected chi connectivity index (χ2v) is 6.79. The Morgan fingerprint density at radius 3 is 2.54 bits per heavy atom. The first-order valence-corrected chi connectivity index (χ1v) is 8.63. The number of nitriles is 1. The fourth-order valence-electron chi connectivity index (χ4n) is 2.09.